The molecule has 116 valence electrons. The average Bonchev–Trinajstić information content (AvgIpc) is 3.19. The van der Waals surface area contributed by atoms with E-state index >= 15 is 0 Å². The van der Waals surface area contributed by atoms with Crippen LogP contribution in [0.4, 0.5) is 5.00 Å². The second-order valence-corrected chi connectivity index (χ2v) is 8.54. The molecule has 0 saturated heterocycles. The van der Waals surface area contributed by atoms with E-state index in [4.69, 9.17) is 0 Å². The smallest absolute Gasteiger partial charge is 0.228 e. The summed E-state index contributed by atoms with van der Waals surface area (Å²) in [5.41, 5.74) is 1.94. The summed E-state index contributed by atoms with van der Waals surface area (Å²) in [5.74, 6) is 2.39. The van der Waals surface area contributed by atoms with Crippen molar-refractivity contribution in [1.82, 2.24) is 0 Å². The molecule has 1 amide bonds. The third-order valence-corrected chi connectivity index (χ3v) is 7.10. The van der Waals surface area contributed by atoms with Crippen LogP contribution in [0.5, 0.6) is 0 Å². The first-order valence-corrected chi connectivity index (χ1v) is 9.32. The number of nitrogens with zero attached hydrogens (tertiary/aromatic N) is 1. The SMILES string of the molecule is C[C@@H]1CCc2c(sc(NC(=O)[C@@H]3C[C@@H]4CC[C@@H]3C4)c2C#N)C1. The number of anilines is 1. The van der Waals surface area contributed by atoms with Crippen LogP contribution in [-0.2, 0) is 17.6 Å². The Kier molecular flexibility index (Phi) is 3.49. The Hall–Kier alpha value is -1.34. The van der Waals surface area contributed by atoms with E-state index in [0.717, 1.165) is 42.2 Å². The van der Waals surface area contributed by atoms with Gasteiger partial charge in [0.05, 0.1) is 5.56 Å². The summed E-state index contributed by atoms with van der Waals surface area (Å²) < 4.78 is 0. The molecule has 4 heteroatoms. The van der Waals surface area contributed by atoms with Gasteiger partial charge in [-0.3, -0.25) is 4.79 Å². The molecule has 1 heterocycles. The number of amides is 1. The fourth-order valence-corrected chi connectivity index (χ4v) is 6.09. The first-order chi connectivity index (χ1) is 10.7. The zero-order valence-electron chi connectivity index (χ0n) is 13.0. The zero-order chi connectivity index (χ0) is 15.3. The maximum Gasteiger partial charge on any atom is 0.228 e. The Morgan fingerprint density at radius 1 is 1.32 bits per heavy atom. The lowest BCUT2D eigenvalue weighted by molar-refractivity contribution is -0.121. The Balaban J connectivity index is 1.56. The quantitative estimate of drug-likeness (QED) is 0.892. The molecule has 0 spiro atoms. The molecule has 1 aromatic rings. The molecule has 3 aliphatic carbocycles. The van der Waals surface area contributed by atoms with Gasteiger partial charge in [-0.1, -0.05) is 13.3 Å². The van der Waals surface area contributed by atoms with Crippen LogP contribution in [0.15, 0.2) is 0 Å². The molecule has 0 aliphatic heterocycles. The maximum absolute atomic E-state index is 12.6. The number of carbonyl (C=O) groups excluding carboxylic acids is 1. The van der Waals surface area contributed by atoms with Crippen molar-refractivity contribution < 1.29 is 4.79 Å². The molecule has 0 aromatic carbocycles. The molecular formula is C18H22N2OS. The van der Waals surface area contributed by atoms with Crippen LogP contribution in [0.25, 0.3) is 0 Å². The Labute approximate surface area is 135 Å². The summed E-state index contributed by atoms with van der Waals surface area (Å²) in [7, 11) is 0. The Morgan fingerprint density at radius 2 is 2.18 bits per heavy atom. The number of fused-ring (bicyclic) bond motifs is 3. The van der Waals surface area contributed by atoms with Gasteiger partial charge in [-0.15, -0.1) is 11.3 Å². The highest BCUT2D eigenvalue weighted by Crippen LogP contribution is 2.49. The van der Waals surface area contributed by atoms with Crippen LogP contribution in [0.1, 0.15) is 55.0 Å². The molecule has 1 N–H and O–H groups in total. The van der Waals surface area contributed by atoms with Gasteiger partial charge in [-0.2, -0.15) is 5.26 Å². The zero-order valence-corrected chi connectivity index (χ0v) is 13.8. The molecular weight excluding hydrogens is 292 g/mol. The van der Waals surface area contributed by atoms with Gasteiger partial charge in [0.2, 0.25) is 5.91 Å². The van der Waals surface area contributed by atoms with Crippen molar-refractivity contribution in [1.29, 1.82) is 5.26 Å². The van der Waals surface area contributed by atoms with E-state index in [0.29, 0.717) is 11.8 Å². The molecule has 2 fully saturated rings. The molecule has 0 unspecified atom stereocenters. The number of hydrogen-bond donors (Lipinski definition) is 1. The van der Waals surface area contributed by atoms with Crippen LogP contribution >= 0.6 is 11.3 Å². The van der Waals surface area contributed by atoms with Crippen molar-refractivity contribution >= 4 is 22.2 Å². The molecule has 2 bridgehead atoms. The summed E-state index contributed by atoms with van der Waals surface area (Å²) in [5, 5.41) is 13.4. The number of nitriles is 1. The van der Waals surface area contributed by atoms with Crippen molar-refractivity contribution in [2.24, 2.45) is 23.7 Å². The fourth-order valence-electron chi connectivity index (χ4n) is 4.73. The van der Waals surface area contributed by atoms with Crippen molar-refractivity contribution in [3.05, 3.63) is 16.0 Å². The summed E-state index contributed by atoms with van der Waals surface area (Å²) in [6, 6.07) is 2.34. The number of rotatable bonds is 2. The van der Waals surface area contributed by atoms with Gasteiger partial charge in [0.25, 0.3) is 0 Å². The standard InChI is InChI=1S/C18H22N2OS/c1-10-2-5-13-15(9-19)18(22-16(13)6-10)20-17(21)14-8-11-3-4-12(14)7-11/h10-12,14H,2-8H2,1H3,(H,20,21)/t10-,11-,12-,14-/m1/s1. The van der Waals surface area contributed by atoms with Crippen LogP contribution in [0, 0.1) is 35.0 Å². The lowest BCUT2D eigenvalue weighted by Gasteiger charge is -2.20. The van der Waals surface area contributed by atoms with Crippen LogP contribution < -0.4 is 5.32 Å². The molecule has 3 aliphatic rings. The van der Waals surface area contributed by atoms with E-state index in [1.54, 1.807) is 11.3 Å². The number of thiophene rings is 1. The summed E-state index contributed by atoms with van der Waals surface area (Å²) >= 11 is 1.64. The van der Waals surface area contributed by atoms with Crippen molar-refractivity contribution in [3.8, 4) is 6.07 Å². The second-order valence-electron chi connectivity index (χ2n) is 7.44. The van der Waals surface area contributed by atoms with E-state index in [9.17, 15) is 10.1 Å². The molecule has 4 atom stereocenters. The molecule has 22 heavy (non-hydrogen) atoms. The average molecular weight is 314 g/mol. The predicted molar refractivity (Wildman–Crippen MR) is 87.8 cm³/mol. The monoisotopic (exact) mass is 314 g/mol. The van der Waals surface area contributed by atoms with Gasteiger partial charge in [0, 0.05) is 10.8 Å². The minimum Gasteiger partial charge on any atom is -0.316 e. The van der Waals surface area contributed by atoms with Crippen molar-refractivity contribution in [2.45, 2.75) is 51.9 Å². The summed E-state index contributed by atoms with van der Waals surface area (Å²) in [6.07, 6.45) is 8.01. The minimum absolute atomic E-state index is 0.162. The highest BCUT2D eigenvalue weighted by molar-refractivity contribution is 7.16. The molecule has 3 nitrogen and oxygen atoms in total. The van der Waals surface area contributed by atoms with Gasteiger partial charge < -0.3 is 5.32 Å². The first-order valence-electron chi connectivity index (χ1n) is 8.51. The fraction of sp³-hybridized carbons (Fsp3) is 0.667. The molecule has 0 radical (unpaired) electrons. The van der Waals surface area contributed by atoms with E-state index < -0.39 is 0 Å². The van der Waals surface area contributed by atoms with Gasteiger partial charge in [-0.25, -0.2) is 0 Å². The van der Waals surface area contributed by atoms with Crippen molar-refractivity contribution in [3.63, 3.8) is 0 Å². The van der Waals surface area contributed by atoms with Crippen LogP contribution in [-0.4, -0.2) is 5.91 Å². The second kappa shape index (κ2) is 5.38. The van der Waals surface area contributed by atoms with Gasteiger partial charge in [-0.05, 0) is 61.8 Å². The van der Waals surface area contributed by atoms with E-state index in [2.05, 4.69) is 18.3 Å². The van der Waals surface area contributed by atoms with Crippen molar-refractivity contribution in [2.75, 3.05) is 5.32 Å². The summed E-state index contributed by atoms with van der Waals surface area (Å²) in [6.45, 7) is 2.27. The maximum atomic E-state index is 12.6. The third-order valence-electron chi connectivity index (χ3n) is 5.94. The largest absolute Gasteiger partial charge is 0.316 e. The van der Waals surface area contributed by atoms with E-state index in [-0.39, 0.29) is 11.8 Å². The summed E-state index contributed by atoms with van der Waals surface area (Å²) in [4.78, 5) is 14.0. The van der Waals surface area contributed by atoms with Crippen LogP contribution in [0.3, 0.4) is 0 Å². The predicted octanol–water partition coefficient (Wildman–Crippen LogP) is 4.12. The van der Waals surface area contributed by atoms with E-state index in [1.165, 1.54) is 29.7 Å². The minimum atomic E-state index is 0.162. The third kappa shape index (κ3) is 2.27. The number of nitrogens with one attached hydrogen (secondary N) is 1. The highest BCUT2D eigenvalue weighted by Gasteiger charge is 2.43. The Bertz CT molecular complexity index is 657. The molecule has 4 rings (SSSR count). The number of hydrogen-bond acceptors (Lipinski definition) is 3. The van der Waals surface area contributed by atoms with Gasteiger partial charge >= 0.3 is 0 Å². The topological polar surface area (TPSA) is 52.9 Å². The van der Waals surface area contributed by atoms with Crippen LogP contribution in [0.2, 0.25) is 0 Å². The van der Waals surface area contributed by atoms with E-state index in [1.807, 2.05) is 0 Å². The van der Waals surface area contributed by atoms with Gasteiger partial charge in [0.1, 0.15) is 11.1 Å². The lowest BCUT2D eigenvalue weighted by atomic mass is 9.88. The Morgan fingerprint density at radius 3 is 2.86 bits per heavy atom. The van der Waals surface area contributed by atoms with Gasteiger partial charge in [0.15, 0.2) is 0 Å². The first kappa shape index (κ1) is 14.3. The molecule has 1 aromatic heterocycles. The lowest BCUT2D eigenvalue weighted by Crippen LogP contribution is -2.27. The highest BCUT2D eigenvalue weighted by atomic mass is 32.1. The normalized spacial score (nSPS) is 32.5. The number of carbonyl (C=O) groups is 1. The molecule has 2 saturated carbocycles.